The molecule has 0 aromatic rings. The van der Waals surface area contributed by atoms with Crippen LogP contribution in [0.5, 0.6) is 0 Å². The van der Waals surface area contributed by atoms with Crippen LogP contribution < -0.4 is 5.32 Å². The smallest absolute Gasteiger partial charge is 0.238 e. The summed E-state index contributed by atoms with van der Waals surface area (Å²) in [5, 5.41) is 7.51. The maximum atomic E-state index is 11.9. The molecule has 2 saturated heterocycles. The molecule has 1 unspecified atom stereocenters. The van der Waals surface area contributed by atoms with Crippen LogP contribution in [-0.2, 0) is 4.79 Å². The van der Waals surface area contributed by atoms with Gasteiger partial charge in [-0.05, 0) is 32.4 Å². The van der Waals surface area contributed by atoms with Crippen molar-refractivity contribution in [2.24, 2.45) is 0 Å². The average Bonchev–Trinajstić information content (AvgIpc) is 2.55. The normalized spacial score (nSPS) is 30.1. The Morgan fingerprint density at radius 2 is 2.07 bits per heavy atom. The Hall–Kier alpha value is -0.610. The number of piperidine rings is 1. The largest absolute Gasteiger partial charge is 0.317 e. The summed E-state index contributed by atoms with van der Waals surface area (Å²) in [7, 11) is 2.06. The lowest BCUT2D eigenvalue weighted by Crippen LogP contribution is -2.50. The van der Waals surface area contributed by atoms with Crippen LogP contribution >= 0.6 is 0 Å². The zero-order valence-corrected chi connectivity index (χ0v) is 9.70. The molecule has 1 amide bonds. The predicted octanol–water partition coefficient (Wildman–Crippen LogP) is 0.596. The highest BCUT2D eigenvalue weighted by Crippen LogP contribution is 2.25. The van der Waals surface area contributed by atoms with E-state index in [9.17, 15) is 4.79 Å². The maximum absolute atomic E-state index is 11.9. The quantitative estimate of drug-likeness (QED) is 0.726. The van der Waals surface area contributed by atoms with Gasteiger partial charge in [-0.1, -0.05) is 6.92 Å². The molecule has 2 aliphatic heterocycles. The second-order valence-corrected chi connectivity index (χ2v) is 4.56. The van der Waals surface area contributed by atoms with E-state index in [1.807, 2.05) is 5.01 Å². The van der Waals surface area contributed by atoms with Crippen LogP contribution in [0.15, 0.2) is 0 Å². The van der Waals surface area contributed by atoms with Crippen LogP contribution in [0.1, 0.15) is 32.6 Å². The first kappa shape index (κ1) is 10.9. The van der Waals surface area contributed by atoms with Crippen LogP contribution in [0.25, 0.3) is 0 Å². The van der Waals surface area contributed by atoms with Crippen LogP contribution in [-0.4, -0.2) is 48.1 Å². The molecular weight excluding hydrogens is 190 g/mol. The van der Waals surface area contributed by atoms with Crippen molar-refractivity contribution >= 4 is 5.91 Å². The van der Waals surface area contributed by atoms with E-state index in [0.29, 0.717) is 24.4 Å². The van der Waals surface area contributed by atoms with Gasteiger partial charge < -0.3 is 5.32 Å². The number of nitrogens with one attached hydrogen (secondary N) is 1. The van der Waals surface area contributed by atoms with E-state index in [1.54, 1.807) is 0 Å². The summed E-state index contributed by atoms with van der Waals surface area (Å²) >= 11 is 0. The molecule has 15 heavy (non-hydrogen) atoms. The zero-order valence-electron chi connectivity index (χ0n) is 9.70. The molecule has 4 heteroatoms. The minimum absolute atomic E-state index is 0.316. The lowest BCUT2D eigenvalue weighted by molar-refractivity contribution is -0.143. The molecular formula is C11H21N3O. The van der Waals surface area contributed by atoms with Gasteiger partial charge in [0.1, 0.15) is 0 Å². The highest BCUT2D eigenvalue weighted by molar-refractivity contribution is 5.78. The van der Waals surface area contributed by atoms with Crippen molar-refractivity contribution < 1.29 is 4.79 Å². The van der Waals surface area contributed by atoms with E-state index in [4.69, 9.17) is 0 Å². The van der Waals surface area contributed by atoms with Crippen molar-refractivity contribution in [2.75, 3.05) is 20.1 Å². The Labute approximate surface area is 91.6 Å². The van der Waals surface area contributed by atoms with Gasteiger partial charge in [0.25, 0.3) is 0 Å². The highest BCUT2D eigenvalue weighted by Gasteiger charge is 2.38. The van der Waals surface area contributed by atoms with E-state index in [-0.39, 0.29) is 0 Å². The molecule has 0 aliphatic carbocycles. The molecule has 0 saturated carbocycles. The van der Waals surface area contributed by atoms with E-state index >= 15 is 0 Å². The van der Waals surface area contributed by atoms with E-state index in [0.717, 1.165) is 32.4 Å². The van der Waals surface area contributed by atoms with E-state index in [2.05, 4.69) is 24.3 Å². The molecule has 1 N–H and O–H groups in total. The number of hydrogen-bond donors (Lipinski definition) is 1. The summed E-state index contributed by atoms with van der Waals surface area (Å²) in [6.07, 6.45) is 3.94. The third-order valence-corrected chi connectivity index (χ3v) is 3.66. The summed E-state index contributed by atoms with van der Waals surface area (Å²) in [5.74, 6) is 0.316. The number of carbonyl (C=O) groups excluding carboxylic acids is 1. The van der Waals surface area contributed by atoms with Gasteiger partial charge in [0.05, 0.1) is 6.04 Å². The summed E-state index contributed by atoms with van der Waals surface area (Å²) < 4.78 is 0. The first-order chi connectivity index (χ1) is 7.24. The Morgan fingerprint density at radius 1 is 1.40 bits per heavy atom. The van der Waals surface area contributed by atoms with Crippen LogP contribution in [0.4, 0.5) is 0 Å². The standard InChI is InChI=1S/C11H21N3O/c1-3-9-8-11(15)14(13(9)2)10-4-6-12-7-5-10/h9-10,12H,3-8H2,1-2H3. The molecule has 0 aromatic heterocycles. The van der Waals surface area contributed by atoms with Gasteiger partial charge in [0.15, 0.2) is 0 Å². The molecule has 0 radical (unpaired) electrons. The topological polar surface area (TPSA) is 35.6 Å². The fraction of sp³-hybridized carbons (Fsp3) is 0.909. The Balaban J connectivity index is 2.03. The lowest BCUT2D eigenvalue weighted by Gasteiger charge is -2.37. The van der Waals surface area contributed by atoms with Crippen molar-refractivity contribution in [3.05, 3.63) is 0 Å². The molecule has 1 atom stereocenters. The van der Waals surface area contributed by atoms with Crippen molar-refractivity contribution in [3.8, 4) is 0 Å². The molecule has 2 heterocycles. The minimum Gasteiger partial charge on any atom is -0.317 e. The Bertz CT molecular complexity index is 238. The van der Waals surface area contributed by atoms with Crippen molar-refractivity contribution in [1.82, 2.24) is 15.3 Å². The van der Waals surface area contributed by atoms with Crippen molar-refractivity contribution in [3.63, 3.8) is 0 Å². The summed E-state index contributed by atoms with van der Waals surface area (Å²) in [6.45, 7) is 4.23. The third-order valence-electron chi connectivity index (χ3n) is 3.66. The van der Waals surface area contributed by atoms with Crippen LogP contribution in [0.3, 0.4) is 0 Å². The molecule has 4 nitrogen and oxygen atoms in total. The molecule has 0 spiro atoms. The molecule has 86 valence electrons. The van der Waals surface area contributed by atoms with Gasteiger partial charge in [-0.15, -0.1) is 0 Å². The SMILES string of the molecule is CCC1CC(=O)N(C2CCNCC2)N1C. The monoisotopic (exact) mass is 211 g/mol. The fourth-order valence-electron chi connectivity index (χ4n) is 2.70. The molecule has 2 fully saturated rings. The van der Waals surface area contributed by atoms with Gasteiger partial charge in [-0.2, -0.15) is 0 Å². The van der Waals surface area contributed by atoms with Gasteiger partial charge in [-0.3, -0.25) is 9.80 Å². The molecule has 2 aliphatic rings. The van der Waals surface area contributed by atoms with Gasteiger partial charge in [0.2, 0.25) is 5.91 Å². The Kier molecular flexibility index (Phi) is 3.26. The average molecular weight is 211 g/mol. The second kappa shape index (κ2) is 4.49. The maximum Gasteiger partial charge on any atom is 0.238 e. The van der Waals surface area contributed by atoms with Gasteiger partial charge in [0, 0.05) is 19.5 Å². The van der Waals surface area contributed by atoms with Crippen molar-refractivity contribution in [2.45, 2.75) is 44.7 Å². The number of carbonyl (C=O) groups is 1. The molecule has 0 aromatic carbocycles. The highest BCUT2D eigenvalue weighted by atomic mass is 16.2. The first-order valence-electron chi connectivity index (χ1n) is 5.99. The third kappa shape index (κ3) is 2.01. The molecule has 0 bridgehead atoms. The number of amides is 1. The summed E-state index contributed by atoms with van der Waals surface area (Å²) in [4.78, 5) is 11.9. The predicted molar refractivity (Wildman–Crippen MR) is 59.2 cm³/mol. The summed E-state index contributed by atoms with van der Waals surface area (Å²) in [6, 6.07) is 0.854. The van der Waals surface area contributed by atoms with Gasteiger partial charge in [-0.25, -0.2) is 5.01 Å². The number of nitrogens with zero attached hydrogens (tertiary/aromatic N) is 2. The number of hydrogen-bond acceptors (Lipinski definition) is 3. The number of hydrazine groups is 1. The first-order valence-corrected chi connectivity index (χ1v) is 5.99. The Morgan fingerprint density at radius 3 is 2.60 bits per heavy atom. The van der Waals surface area contributed by atoms with E-state index in [1.165, 1.54) is 0 Å². The number of rotatable bonds is 2. The molecule has 2 rings (SSSR count). The lowest BCUT2D eigenvalue weighted by atomic mass is 10.1. The van der Waals surface area contributed by atoms with Crippen LogP contribution in [0, 0.1) is 0 Å². The zero-order chi connectivity index (χ0) is 10.8. The van der Waals surface area contributed by atoms with Gasteiger partial charge >= 0.3 is 0 Å². The van der Waals surface area contributed by atoms with E-state index < -0.39 is 0 Å². The fourth-order valence-corrected chi connectivity index (χ4v) is 2.70. The second-order valence-electron chi connectivity index (χ2n) is 4.56. The summed E-state index contributed by atoms with van der Waals surface area (Å²) in [5.41, 5.74) is 0. The minimum atomic E-state index is 0.316. The van der Waals surface area contributed by atoms with Crippen molar-refractivity contribution in [1.29, 1.82) is 0 Å². The van der Waals surface area contributed by atoms with Crippen LogP contribution in [0.2, 0.25) is 0 Å².